The van der Waals surface area contributed by atoms with Gasteiger partial charge >= 0.3 is 0 Å². The molecule has 0 saturated carbocycles. The van der Waals surface area contributed by atoms with Gasteiger partial charge in [0.05, 0.1) is 23.5 Å². The van der Waals surface area contributed by atoms with E-state index in [0.29, 0.717) is 12.1 Å². The van der Waals surface area contributed by atoms with Crippen molar-refractivity contribution in [2.45, 2.75) is 19.9 Å². The van der Waals surface area contributed by atoms with E-state index in [9.17, 15) is 9.18 Å². The Labute approximate surface area is 116 Å². The smallest absolute Gasteiger partial charge is 0.253 e. The molecule has 0 fully saturated rings. The summed E-state index contributed by atoms with van der Waals surface area (Å²) in [6.07, 6.45) is 3.35. The fourth-order valence-corrected chi connectivity index (χ4v) is 1.93. The number of carbonyl (C=O) groups is 1. The van der Waals surface area contributed by atoms with Gasteiger partial charge in [-0.1, -0.05) is 6.07 Å². The summed E-state index contributed by atoms with van der Waals surface area (Å²) in [6, 6.07) is 4.24. The topological polar surface area (TPSA) is 69.8 Å². The maximum atomic E-state index is 13.8. The Morgan fingerprint density at radius 1 is 1.50 bits per heavy atom. The molecule has 106 valence electrons. The van der Waals surface area contributed by atoms with Crippen molar-refractivity contribution < 1.29 is 9.18 Å². The van der Waals surface area contributed by atoms with Crippen LogP contribution in [0.5, 0.6) is 0 Å². The number of benzene rings is 1. The van der Waals surface area contributed by atoms with Crippen molar-refractivity contribution in [2.24, 2.45) is 0 Å². The number of nitrogens with one attached hydrogen (secondary N) is 3. The average molecular weight is 276 g/mol. The lowest BCUT2D eigenvalue weighted by atomic mass is 10.1. The highest BCUT2D eigenvalue weighted by atomic mass is 19.1. The van der Waals surface area contributed by atoms with Crippen LogP contribution < -0.4 is 10.6 Å². The van der Waals surface area contributed by atoms with Gasteiger partial charge in [-0.3, -0.25) is 9.89 Å². The Morgan fingerprint density at radius 3 is 2.95 bits per heavy atom. The lowest BCUT2D eigenvalue weighted by Crippen LogP contribution is -2.27. The second-order valence-electron chi connectivity index (χ2n) is 4.42. The van der Waals surface area contributed by atoms with Crippen LogP contribution in [0.1, 0.15) is 35.8 Å². The Hall–Kier alpha value is -2.37. The highest BCUT2D eigenvalue weighted by Crippen LogP contribution is 2.21. The van der Waals surface area contributed by atoms with E-state index in [2.05, 4.69) is 20.8 Å². The molecule has 0 aliphatic rings. The van der Waals surface area contributed by atoms with Gasteiger partial charge in [0.25, 0.3) is 5.91 Å². The normalized spacial score (nSPS) is 11.9. The number of carbonyl (C=O) groups excluding carboxylic acids is 1. The van der Waals surface area contributed by atoms with Gasteiger partial charge in [-0.2, -0.15) is 5.10 Å². The molecule has 0 spiro atoms. The largest absolute Gasteiger partial charge is 0.382 e. The number of anilines is 1. The third-order valence-corrected chi connectivity index (χ3v) is 2.98. The monoisotopic (exact) mass is 276 g/mol. The van der Waals surface area contributed by atoms with Crippen LogP contribution in [-0.2, 0) is 0 Å². The molecule has 1 aromatic heterocycles. The number of amides is 1. The number of halogens is 1. The summed E-state index contributed by atoms with van der Waals surface area (Å²) in [4.78, 5) is 12.2. The van der Waals surface area contributed by atoms with Gasteiger partial charge in [0.1, 0.15) is 5.82 Å². The van der Waals surface area contributed by atoms with Crippen LogP contribution >= 0.6 is 0 Å². The fraction of sp³-hybridized carbons (Fsp3) is 0.286. The van der Waals surface area contributed by atoms with Crippen molar-refractivity contribution in [2.75, 3.05) is 11.9 Å². The van der Waals surface area contributed by atoms with Crippen LogP contribution in [0.15, 0.2) is 30.6 Å². The van der Waals surface area contributed by atoms with Crippen LogP contribution in [-0.4, -0.2) is 22.6 Å². The van der Waals surface area contributed by atoms with Crippen molar-refractivity contribution in [3.05, 3.63) is 47.5 Å². The first-order valence-electron chi connectivity index (χ1n) is 6.45. The molecule has 3 N–H and O–H groups in total. The predicted molar refractivity (Wildman–Crippen MR) is 75.0 cm³/mol. The standard InChI is InChI=1S/C14H17FN4O/c1-3-16-13-11(5-4-6-12(13)15)14(20)19-9(2)10-7-17-18-8-10/h4-9,16H,3H2,1-2H3,(H,17,18)(H,19,20). The minimum absolute atomic E-state index is 0.209. The molecule has 0 saturated heterocycles. The Bertz CT molecular complexity index is 583. The summed E-state index contributed by atoms with van der Waals surface area (Å²) in [6.45, 7) is 4.23. The molecule has 1 aromatic carbocycles. The predicted octanol–water partition coefficient (Wildman–Crippen LogP) is 2.47. The first-order valence-corrected chi connectivity index (χ1v) is 6.45. The number of hydrogen-bond acceptors (Lipinski definition) is 3. The highest BCUT2D eigenvalue weighted by Gasteiger charge is 2.17. The van der Waals surface area contributed by atoms with Crippen molar-refractivity contribution in [3.8, 4) is 0 Å². The lowest BCUT2D eigenvalue weighted by Gasteiger charge is -2.15. The fourth-order valence-electron chi connectivity index (χ4n) is 1.93. The van der Waals surface area contributed by atoms with Gasteiger partial charge in [-0.05, 0) is 26.0 Å². The Kier molecular flexibility index (Phi) is 4.34. The first kappa shape index (κ1) is 14.0. The number of aromatic amines is 1. The van der Waals surface area contributed by atoms with Gasteiger partial charge in [-0.15, -0.1) is 0 Å². The maximum Gasteiger partial charge on any atom is 0.253 e. The van der Waals surface area contributed by atoms with Crippen LogP contribution in [0.2, 0.25) is 0 Å². The van der Waals surface area contributed by atoms with E-state index >= 15 is 0 Å². The Balaban J connectivity index is 2.19. The zero-order chi connectivity index (χ0) is 14.5. The molecule has 0 bridgehead atoms. The number of hydrogen-bond donors (Lipinski definition) is 3. The summed E-state index contributed by atoms with van der Waals surface area (Å²) >= 11 is 0. The molecule has 5 nitrogen and oxygen atoms in total. The zero-order valence-corrected chi connectivity index (χ0v) is 11.4. The summed E-state index contributed by atoms with van der Waals surface area (Å²) in [5.41, 5.74) is 1.38. The SMILES string of the molecule is CCNc1c(F)cccc1C(=O)NC(C)c1cn[nH]c1. The number of aromatic nitrogens is 2. The number of para-hydroxylation sites is 1. The molecule has 2 rings (SSSR count). The minimum atomic E-state index is -0.435. The van der Waals surface area contributed by atoms with E-state index in [4.69, 9.17) is 0 Å². The third-order valence-electron chi connectivity index (χ3n) is 2.98. The molecule has 1 atom stereocenters. The van der Waals surface area contributed by atoms with Crippen molar-refractivity contribution in [1.29, 1.82) is 0 Å². The molecule has 20 heavy (non-hydrogen) atoms. The summed E-state index contributed by atoms with van der Waals surface area (Å²) < 4.78 is 13.8. The van der Waals surface area contributed by atoms with E-state index in [1.807, 2.05) is 13.8 Å². The van der Waals surface area contributed by atoms with Gasteiger partial charge in [0, 0.05) is 18.3 Å². The van der Waals surface area contributed by atoms with Crippen LogP contribution in [0, 0.1) is 5.82 Å². The van der Waals surface area contributed by atoms with Gasteiger partial charge in [0.2, 0.25) is 0 Å². The average Bonchev–Trinajstić information content (AvgIpc) is 2.95. The second kappa shape index (κ2) is 6.18. The van der Waals surface area contributed by atoms with E-state index < -0.39 is 5.82 Å². The molecule has 1 amide bonds. The molecule has 6 heteroatoms. The van der Waals surface area contributed by atoms with Gasteiger partial charge in [-0.25, -0.2) is 4.39 Å². The highest BCUT2D eigenvalue weighted by molar-refractivity contribution is 5.99. The molecule has 0 aliphatic heterocycles. The lowest BCUT2D eigenvalue weighted by molar-refractivity contribution is 0.0940. The first-order chi connectivity index (χ1) is 9.63. The quantitative estimate of drug-likeness (QED) is 0.785. The minimum Gasteiger partial charge on any atom is -0.382 e. The van der Waals surface area contributed by atoms with Crippen LogP contribution in [0.3, 0.4) is 0 Å². The van der Waals surface area contributed by atoms with Gasteiger partial charge in [0.15, 0.2) is 0 Å². The summed E-state index contributed by atoms with van der Waals surface area (Å²) in [5.74, 6) is -0.760. The number of rotatable bonds is 5. The third kappa shape index (κ3) is 2.96. The molecule has 0 radical (unpaired) electrons. The van der Waals surface area contributed by atoms with E-state index in [0.717, 1.165) is 5.56 Å². The molecule has 2 aromatic rings. The van der Waals surface area contributed by atoms with E-state index in [-0.39, 0.29) is 17.6 Å². The van der Waals surface area contributed by atoms with Gasteiger partial charge < -0.3 is 10.6 Å². The van der Waals surface area contributed by atoms with Crippen LogP contribution in [0.25, 0.3) is 0 Å². The van der Waals surface area contributed by atoms with Crippen LogP contribution in [0.4, 0.5) is 10.1 Å². The molecular weight excluding hydrogens is 259 g/mol. The summed E-state index contributed by atoms with van der Waals surface area (Å²) in [5, 5.41) is 12.2. The maximum absolute atomic E-state index is 13.8. The van der Waals surface area contributed by atoms with Crippen molar-refractivity contribution in [1.82, 2.24) is 15.5 Å². The van der Waals surface area contributed by atoms with Crippen molar-refractivity contribution >= 4 is 11.6 Å². The summed E-state index contributed by atoms with van der Waals surface area (Å²) in [7, 11) is 0. The Morgan fingerprint density at radius 2 is 2.30 bits per heavy atom. The molecule has 0 aliphatic carbocycles. The number of nitrogens with zero attached hydrogens (tertiary/aromatic N) is 1. The molecular formula is C14H17FN4O. The number of H-pyrrole nitrogens is 1. The second-order valence-corrected chi connectivity index (χ2v) is 4.42. The zero-order valence-electron chi connectivity index (χ0n) is 11.4. The van der Waals surface area contributed by atoms with E-state index in [1.54, 1.807) is 18.5 Å². The van der Waals surface area contributed by atoms with Crippen molar-refractivity contribution in [3.63, 3.8) is 0 Å². The molecule has 1 heterocycles. The molecule has 1 unspecified atom stereocenters. The van der Waals surface area contributed by atoms with E-state index in [1.165, 1.54) is 12.1 Å².